The molecule has 1 aromatic heterocycles. The highest BCUT2D eigenvalue weighted by molar-refractivity contribution is 7.99. The van der Waals surface area contributed by atoms with Crippen molar-refractivity contribution in [3.05, 3.63) is 35.7 Å². The van der Waals surface area contributed by atoms with Crippen LogP contribution in [0, 0.1) is 5.92 Å². The molecule has 3 N–H and O–H groups in total. The summed E-state index contributed by atoms with van der Waals surface area (Å²) in [5.74, 6) is 8.66. The Labute approximate surface area is 176 Å². The van der Waals surface area contributed by atoms with Crippen LogP contribution in [0.2, 0.25) is 0 Å². The van der Waals surface area contributed by atoms with E-state index in [1.807, 2.05) is 12.1 Å². The van der Waals surface area contributed by atoms with Crippen molar-refractivity contribution in [3.63, 3.8) is 0 Å². The van der Waals surface area contributed by atoms with Crippen LogP contribution < -0.4 is 15.9 Å². The fraction of sp³-hybridized carbons (Fsp3) is 0.571. The van der Waals surface area contributed by atoms with E-state index in [2.05, 4.69) is 48.4 Å². The number of aromatic nitrogens is 3. The van der Waals surface area contributed by atoms with Gasteiger partial charge in [0.05, 0.1) is 5.75 Å². The van der Waals surface area contributed by atoms with Gasteiger partial charge in [-0.25, -0.2) is 4.68 Å². The zero-order valence-electron chi connectivity index (χ0n) is 17.4. The second-order valence-electron chi connectivity index (χ2n) is 8.01. The third kappa shape index (κ3) is 5.88. The zero-order valence-corrected chi connectivity index (χ0v) is 18.2. The molecule has 1 aliphatic carbocycles. The van der Waals surface area contributed by atoms with Gasteiger partial charge in [-0.15, -0.1) is 10.2 Å². The first-order chi connectivity index (χ1) is 13.9. The first-order valence-electron chi connectivity index (χ1n) is 10.3. The van der Waals surface area contributed by atoms with Gasteiger partial charge in [-0.05, 0) is 42.4 Å². The summed E-state index contributed by atoms with van der Waals surface area (Å²) in [5, 5.41) is 11.8. The molecule has 7 nitrogen and oxygen atoms in total. The highest BCUT2D eigenvalue weighted by Crippen LogP contribution is 2.24. The maximum Gasteiger partial charge on any atom is 0.230 e. The van der Waals surface area contributed by atoms with Gasteiger partial charge in [-0.1, -0.05) is 57.5 Å². The molecule has 29 heavy (non-hydrogen) atoms. The SMILES string of the molecule is CC(C)c1ccc(OCc2nnc(SCC(=O)N[C@H]3CCCC[C@H]3C)n2N)cc1. The zero-order chi connectivity index (χ0) is 20.8. The molecule has 2 atom stereocenters. The van der Waals surface area contributed by atoms with Crippen LogP contribution in [0.3, 0.4) is 0 Å². The third-order valence-corrected chi connectivity index (χ3v) is 6.38. The second-order valence-corrected chi connectivity index (χ2v) is 8.95. The summed E-state index contributed by atoms with van der Waals surface area (Å²) >= 11 is 1.29. The molecule has 2 aromatic rings. The first kappa shape index (κ1) is 21.5. The third-order valence-electron chi connectivity index (χ3n) is 5.44. The Kier molecular flexibility index (Phi) is 7.41. The van der Waals surface area contributed by atoms with Crippen molar-refractivity contribution in [2.45, 2.75) is 70.2 Å². The molecule has 1 aromatic carbocycles. The highest BCUT2D eigenvalue weighted by Gasteiger charge is 2.23. The molecule has 0 unspecified atom stereocenters. The number of carbonyl (C=O) groups excluding carboxylic acids is 1. The van der Waals surface area contributed by atoms with E-state index in [1.165, 1.54) is 41.3 Å². The number of nitrogens with one attached hydrogen (secondary N) is 1. The van der Waals surface area contributed by atoms with Crippen molar-refractivity contribution in [2.24, 2.45) is 5.92 Å². The number of thioether (sulfide) groups is 1. The number of hydrogen-bond acceptors (Lipinski definition) is 6. The smallest absolute Gasteiger partial charge is 0.230 e. The number of amides is 1. The molecule has 8 heteroatoms. The molecule has 1 amide bonds. The number of nitrogens with zero attached hydrogens (tertiary/aromatic N) is 3. The van der Waals surface area contributed by atoms with Crippen molar-refractivity contribution >= 4 is 17.7 Å². The molecule has 0 bridgehead atoms. The molecule has 1 fully saturated rings. The summed E-state index contributed by atoms with van der Waals surface area (Å²) in [6.45, 7) is 6.73. The summed E-state index contributed by atoms with van der Waals surface area (Å²) in [7, 11) is 0. The van der Waals surface area contributed by atoms with Crippen LogP contribution >= 0.6 is 11.8 Å². The van der Waals surface area contributed by atoms with Crippen molar-refractivity contribution in [3.8, 4) is 5.75 Å². The average Bonchev–Trinajstić information content (AvgIpc) is 3.06. The monoisotopic (exact) mass is 417 g/mol. The Morgan fingerprint density at radius 3 is 2.69 bits per heavy atom. The molecule has 158 valence electrons. The van der Waals surface area contributed by atoms with Gasteiger partial charge in [-0.2, -0.15) is 0 Å². The van der Waals surface area contributed by atoms with Crippen molar-refractivity contribution in [1.29, 1.82) is 0 Å². The number of hydrogen-bond donors (Lipinski definition) is 2. The van der Waals surface area contributed by atoms with Gasteiger partial charge in [0.1, 0.15) is 12.4 Å². The lowest BCUT2D eigenvalue weighted by Gasteiger charge is -2.29. The quantitative estimate of drug-likeness (QED) is 0.504. The molecule has 0 aliphatic heterocycles. The minimum absolute atomic E-state index is 0.0137. The van der Waals surface area contributed by atoms with Gasteiger partial charge in [0.2, 0.25) is 11.1 Å². The summed E-state index contributed by atoms with van der Waals surface area (Å²) in [6, 6.07) is 8.27. The van der Waals surface area contributed by atoms with Crippen LogP contribution in [0.15, 0.2) is 29.4 Å². The van der Waals surface area contributed by atoms with E-state index in [4.69, 9.17) is 10.6 Å². The van der Waals surface area contributed by atoms with E-state index in [1.54, 1.807) is 0 Å². The van der Waals surface area contributed by atoms with Crippen LogP contribution in [0.4, 0.5) is 0 Å². The molecule has 0 saturated heterocycles. The normalized spacial score (nSPS) is 19.3. The Hall–Kier alpha value is -2.22. The number of nitrogen functional groups attached to an aromatic ring is 1. The standard InChI is InChI=1S/C21H31N5O2S/c1-14(2)16-8-10-17(11-9-16)28-12-19-24-25-21(26(19)22)29-13-20(27)23-18-7-5-4-6-15(18)3/h8-11,14-15,18H,4-7,12-13,22H2,1-3H3,(H,23,27)/t15-,18+/m1/s1. The number of benzene rings is 1. The average molecular weight is 418 g/mol. The summed E-state index contributed by atoms with van der Waals surface area (Å²) in [6.07, 6.45) is 4.68. The van der Waals surface area contributed by atoms with Crippen molar-refractivity contribution < 1.29 is 9.53 Å². The van der Waals surface area contributed by atoms with Gasteiger partial charge in [0.25, 0.3) is 0 Å². The largest absolute Gasteiger partial charge is 0.486 e. The minimum atomic E-state index is 0.0137. The molecule has 1 saturated carbocycles. The lowest BCUT2D eigenvalue weighted by Crippen LogP contribution is -2.41. The molecule has 0 radical (unpaired) electrons. The highest BCUT2D eigenvalue weighted by atomic mass is 32.2. The van der Waals surface area contributed by atoms with Crippen LogP contribution in [0.25, 0.3) is 0 Å². The lowest BCUT2D eigenvalue weighted by molar-refractivity contribution is -0.119. The molecule has 3 rings (SSSR count). The second kappa shape index (κ2) is 10.0. The van der Waals surface area contributed by atoms with Gasteiger partial charge >= 0.3 is 0 Å². The van der Waals surface area contributed by atoms with Crippen LogP contribution in [0.1, 0.15) is 63.8 Å². The van der Waals surface area contributed by atoms with E-state index in [-0.39, 0.29) is 24.3 Å². The minimum Gasteiger partial charge on any atom is -0.486 e. The summed E-state index contributed by atoms with van der Waals surface area (Å²) in [4.78, 5) is 12.3. The molecule has 1 aliphatic rings. The van der Waals surface area contributed by atoms with Crippen molar-refractivity contribution in [2.75, 3.05) is 11.6 Å². The van der Waals surface area contributed by atoms with Gasteiger partial charge < -0.3 is 15.9 Å². The Bertz CT molecular complexity index is 806. The predicted octanol–water partition coefficient (Wildman–Crippen LogP) is 3.48. The summed E-state index contributed by atoms with van der Waals surface area (Å²) < 4.78 is 7.16. The summed E-state index contributed by atoms with van der Waals surface area (Å²) in [5.41, 5.74) is 1.26. The van der Waals surface area contributed by atoms with E-state index < -0.39 is 0 Å². The van der Waals surface area contributed by atoms with Gasteiger partial charge in [0.15, 0.2) is 5.82 Å². The Morgan fingerprint density at radius 1 is 1.28 bits per heavy atom. The number of rotatable bonds is 8. The van der Waals surface area contributed by atoms with E-state index in [0.717, 1.165) is 12.2 Å². The van der Waals surface area contributed by atoms with Crippen LogP contribution in [0.5, 0.6) is 5.75 Å². The number of ether oxygens (including phenoxy) is 1. The molecule has 1 heterocycles. The Balaban J connectivity index is 1.48. The van der Waals surface area contributed by atoms with Crippen LogP contribution in [-0.4, -0.2) is 32.6 Å². The topological polar surface area (TPSA) is 95.1 Å². The number of nitrogens with two attached hydrogens (primary N) is 1. The Morgan fingerprint density at radius 2 is 2.00 bits per heavy atom. The fourth-order valence-corrected chi connectivity index (χ4v) is 4.20. The van der Waals surface area contributed by atoms with E-state index in [9.17, 15) is 4.79 Å². The fourth-order valence-electron chi connectivity index (χ4n) is 3.51. The molecular weight excluding hydrogens is 386 g/mol. The van der Waals surface area contributed by atoms with E-state index in [0.29, 0.717) is 22.8 Å². The van der Waals surface area contributed by atoms with E-state index >= 15 is 0 Å². The van der Waals surface area contributed by atoms with Gasteiger partial charge in [0, 0.05) is 6.04 Å². The van der Waals surface area contributed by atoms with Crippen LogP contribution in [-0.2, 0) is 11.4 Å². The maximum atomic E-state index is 12.3. The first-order valence-corrected chi connectivity index (χ1v) is 11.3. The van der Waals surface area contributed by atoms with Gasteiger partial charge in [-0.3, -0.25) is 4.79 Å². The predicted molar refractivity (Wildman–Crippen MR) is 115 cm³/mol. The van der Waals surface area contributed by atoms with Crippen molar-refractivity contribution in [1.82, 2.24) is 20.2 Å². The maximum absolute atomic E-state index is 12.3. The molecule has 0 spiro atoms. The molecular formula is C21H31N5O2S. The lowest BCUT2D eigenvalue weighted by atomic mass is 9.86. The number of carbonyl (C=O) groups is 1.